The van der Waals surface area contributed by atoms with Crippen LogP contribution >= 0.6 is 0 Å². The van der Waals surface area contributed by atoms with E-state index in [9.17, 15) is 0 Å². The van der Waals surface area contributed by atoms with Gasteiger partial charge in [-0.1, -0.05) is 20.8 Å². The van der Waals surface area contributed by atoms with Gasteiger partial charge in [-0.15, -0.1) is 0 Å². The maximum Gasteiger partial charge on any atom is 0.0517 e. The zero-order chi connectivity index (χ0) is 7.33. The number of rotatable bonds is 4. The van der Waals surface area contributed by atoms with Gasteiger partial charge in [0.2, 0.25) is 0 Å². The minimum Gasteiger partial charge on any atom is -0.381 e. The maximum atomic E-state index is 5.18. The molecular formula is C8H17O. The van der Waals surface area contributed by atoms with Crippen LogP contribution in [0.2, 0.25) is 0 Å². The van der Waals surface area contributed by atoms with Crippen LogP contribution in [-0.2, 0) is 4.74 Å². The van der Waals surface area contributed by atoms with Crippen molar-refractivity contribution in [2.24, 2.45) is 5.41 Å². The van der Waals surface area contributed by atoms with Crippen LogP contribution in [0.3, 0.4) is 0 Å². The molecule has 0 saturated carbocycles. The molecule has 1 nitrogen and oxygen atoms in total. The van der Waals surface area contributed by atoms with E-state index in [1.807, 2.05) is 0 Å². The second-order valence-electron chi connectivity index (χ2n) is 3.07. The first-order chi connectivity index (χ1) is 4.12. The van der Waals surface area contributed by atoms with Crippen LogP contribution in [0, 0.1) is 12.3 Å². The third-order valence-electron chi connectivity index (χ3n) is 1.59. The molecule has 0 atom stereocenters. The van der Waals surface area contributed by atoms with Crippen LogP contribution in [0.5, 0.6) is 0 Å². The third-order valence-corrected chi connectivity index (χ3v) is 1.59. The lowest BCUT2D eigenvalue weighted by Gasteiger charge is -2.21. The average Bonchev–Trinajstić information content (AvgIpc) is 1.84. The summed E-state index contributed by atoms with van der Waals surface area (Å²) in [6, 6.07) is 0. The first-order valence-corrected chi connectivity index (χ1v) is 3.49. The van der Waals surface area contributed by atoms with Gasteiger partial charge < -0.3 is 4.74 Å². The summed E-state index contributed by atoms with van der Waals surface area (Å²) in [6.07, 6.45) is 1.16. The van der Waals surface area contributed by atoms with Gasteiger partial charge in [0.15, 0.2) is 0 Å². The molecule has 0 rings (SSSR count). The Morgan fingerprint density at radius 3 is 2.33 bits per heavy atom. The van der Waals surface area contributed by atoms with Gasteiger partial charge in [-0.2, -0.15) is 0 Å². The molecule has 0 aromatic heterocycles. The Morgan fingerprint density at radius 1 is 1.44 bits per heavy atom. The van der Waals surface area contributed by atoms with Crippen LogP contribution in [0.1, 0.15) is 27.2 Å². The molecule has 0 aliphatic heterocycles. The van der Waals surface area contributed by atoms with Crippen LogP contribution in [-0.4, -0.2) is 13.2 Å². The summed E-state index contributed by atoms with van der Waals surface area (Å²) in [7, 11) is 0. The standard InChI is InChI=1S/C8H17O/c1-5-8(3,4)7-9-6-2/h2,5-7H2,1,3-4H3. The lowest BCUT2D eigenvalue weighted by molar-refractivity contribution is 0.0775. The van der Waals surface area contributed by atoms with E-state index in [0.29, 0.717) is 12.0 Å². The summed E-state index contributed by atoms with van der Waals surface area (Å²) in [5, 5.41) is 0. The molecule has 0 unspecified atom stereocenters. The van der Waals surface area contributed by atoms with Crippen LogP contribution < -0.4 is 0 Å². The lowest BCUT2D eigenvalue weighted by Crippen LogP contribution is -2.17. The van der Waals surface area contributed by atoms with Crippen LogP contribution in [0.25, 0.3) is 0 Å². The highest BCUT2D eigenvalue weighted by Crippen LogP contribution is 2.19. The minimum absolute atomic E-state index is 0.331. The smallest absolute Gasteiger partial charge is 0.0517 e. The van der Waals surface area contributed by atoms with Gasteiger partial charge in [0.1, 0.15) is 0 Å². The molecule has 0 aromatic rings. The minimum atomic E-state index is 0.331. The average molecular weight is 129 g/mol. The van der Waals surface area contributed by atoms with Gasteiger partial charge in [0.25, 0.3) is 0 Å². The third kappa shape index (κ3) is 4.46. The Kier molecular flexibility index (Phi) is 3.87. The monoisotopic (exact) mass is 129 g/mol. The van der Waals surface area contributed by atoms with Crippen molar-refractivity contribution < 1.29 is 4.74 Å². The predicted octanol–water partition coefficient (Wildman–Crippen LogP) is 2.27. The van der Waals surface area contributed by atoms with Crippen LogP contribution in [0.15, 0.2) is 0 Å². The molecular weight excluding hydrogens is 112 g/mol. The van der Waals surface area contributed by atoms with Gasteiger partial charge in [0.05, 0.1) is 6.61 Å². The Labute approximate surface area is 58.4 Å². The highest BCUT2D eigenvalue weighted by Gasteiger charge is 2.13. The molecule has 0 N–H and O–H groups in total. The molecule has 0 spiro atoms. The fraction of sp³-hybridized carbons (Fsp3) is 0.875. The topological polar surface area (TPSA) is 9.23 Å². The fourth-order valence-electron chi connectivity index (χ4n) is 0.451. The van der Waals surface area contributed by atoms with Crippen molar-refractivity contribution in [3.8, 4) is 0 Å². The highest BCUT2D eigenvalue weighted by atomic mass is 16.5. The molecule has 0 aromatic carbocycles. The molecule has 0 heterocycles. The Hall–Kier alpha value is -0.0400. The van der Waals surface area contributed by atoms with E-state index in [-0.39, 0.29) is 0 Å². The molecule has 0 saturated heterocycles. The quantitative estimate of drug-likeness (QED) is 0.565. The normalized spacial score (nSPS) is 12.0. The number of ether oxygens (including phenoxy) is 1. The first kappa shape index (κ1) is 8.96. The van der Waals surface area contributed by atoms with Crippen molar-refractivity contribution in [3.63, 3.8) is 0 Å². The zero-order valence-corrected chi connectivity index (χ0v) is 6.74. The van der Waals surface area contributed by atoms with Gasteiger partial charge >= 0.3 is 0 Å². The molecule has 0 aliphatic carbocycles. The van der Waals surface area contributed by atoms with Gasteiger partial charge in [-0.25, -0.2) is 0 Å². The van der Waals surface area contributed by atoms with Gasteiger partial charge in [-0.3, -0.25) is 0 Å². The molecule has 0 aliphatic rings. The molecule has 0 bridgehead atoms. The van der Waals surface area contributed by atoms with Crippen molar-refractivity contribution in [1.82, 2.24) is 0 Å². The highest BCUT2D eigenvalue weighted by molar-refractivity contribution is 4.64. The van der Waals surface area contributed by atoms with E-state index >= 15 is 0 Å². The summed E-state index contributed by atoms with van der Waals surface area (Å²) < 4.78 is 5.18. The van der Waals surface area contributed by atoms with Gasteiger partial charge in [0, 0.05) is 6.61 Å². The zero-order valence-electron chi connectivity index (χ0n) is 6.74. The van der Waals surface area contributed by atoms with E-state index in [0.717, 1.165) is 13.0 Å². The van der Waals surface area contributed by atoms with Crippen molar-refractivity contribution in [2.45, 2.75) is 27.2 Å². The largest absolute Gasteiger partial charge is 0.381 e. The van der Waals surface area contributed by atoms with E-state index < -0.39 is 0 Å². The molecule has 55 valence electrons. The van der Waals surface area contributed by atoms with E-state index in [2.05, 4.69) is 27.7 Å². The Bertz CT molecular complexity index is 67.0. The number of hydrogen-bond donors (Lipinski definition) is 0. The summed E-state index contributed by atoms with van der Waals surface area (Å²) in [6.45, 7) is 11.6. The molecule has 1 radical (unpaired) electrons. The maximum absolute atomic E-state index is 5.18. The summed E-state index contributed by atoms with van der Waals surface area (Å²) in [4.78, 5) is 0. The fourth-order valence-corrected chi connectivity index (χ4v) is 0.451. The summed E-state index contributed by atoms with van der Waals surface area (Å²) in [5.41, 5.74) is 0.331. The number of hydrogen-bond acceptors (Lipinski definition) is 1. The van der Waals surface area contributed by atoms with E-state index in [1.54, 1.807) is 0 Å². The van der Waals surface area contributed by atoms with Gasteiger partial charge in [-0.05, 0) is 18.8 Å². The van der Waals surface area contributed by atoms with Crippen molar-refractivity contribution in [3.05, 3.63) is 6.92 Å². The Balaban J connectivity index is 3.33. The molecule has 0 fully saturated rings. The molecule has 0 amide bonds. The van der Waals surface area contributed by atoms with Crippen LogP contribution in [0.4, 0.5) is 0 Å². The van der Waals surface area contributed by atoms with Crippen molar-refractivity contribution in [2.75, 3.05) is 13.2 Å². The second-order valence-corrected chi connectivity index (χ2v) is 3.07. The Morgan fingerprint density at radius 2 is 2.00 bits per heavy atom. The lowest BCUT2D eigenvalue weighted by atomic mass is 9.92. The molecule has 1 heteroatoms. The molecule has 9 heavy (non-hydrogen) atoms. The van der Waals surface area contributed by atoms with Crippen molar-refractivity contribution >= 4 is 0 Å². The second kappa shape index (κ2) is 3.89. The van der Waals surface area contributed by atoms with E-state index in [1.165, 1.54) is 0 Å². The first-order valence-electron chi connectivity index (χ1n) is 3.49. The van der Waals surface area contributed by atoms with E-state index in [4.69, 9.17) is 4.74 Å². The predicted molar refractivity (Wildman–Crippen MR) is 40.2 cm³/mol. The summed E-state index contributed by atoms with van der Waals surface area (Å²) >= 11 is 0. The summed E-state index contributed by atoms with van der Waals surface area (Å²) in [5.74, 6) is 0. The van der Waals surface area contributed by atoms with Crippen molar-refractivity contribution in [1.29, 1.82) is 0 Å². The SMILES string of the molecule is [CH2]COCC(C)(C)CC.